The summed E-state index contributed by atoms with van der Waals surface area (Å²) < 4.78 is 11.1. The van der Waals surface area contributed by atoms with E-state index in [1.807, 2.05) is 24.3 Å². The molecule has 0 radical (unpaired) electrons. The van der Waals surface area contributed by atoms with Crippen LogP contribution in [0.25, 0.3) is 0 Å². The number of benzene rings is 1. The van der Waals surface area contributed by atoms with E-state index in [9.17, 15) is 0 Å². The van der Waals surface area contributed by atoms with Crippen molar-refractivity contribution in [2.45, 2.75) is 69.9 Å². The number of methoxy groups -OCH3 is 1. The number of nitrogens with one attached hydrogen (secondary N) is 1. The van der Waals surface area contributed by atoms with Crippen molar-refractivity contribution in [2.24, 2.45) is 5.92 Å². The van der Waals surface area contributed by atoms with Crippen LogP contribution >= 0.6 is 0 Å². The maximum absolute atomic E-state index is 5.95. The summed E-state index contributed by atoms with van der Waals surface area (Å²) >= 11 is 0. The standard InChI is InChI=1S/C20H31NO2/c1-22-19-11-13-20(14-12-19)23-15-16-7-9-18(10-8-16)21-17-5-3-2-4-6-17/h11-14,16-18,21H,2-10,15H2,1H3/t16-,18-. The van der Waals surface area contributed by atoms with Crippen molar-refractivity contribution in [1.82, 2.24) is 5.32 Å². The average molecular weight is 317 g/mol. The Hall–Kier alpha value is -1.22. The molecule has 1 aromatic rings. The van der Waals surface area contributed by atoms with Crippen molar-refractivity contribution in [3.8, 4) is 11.5 Å². The van der Waals surface area contributed by atoms with Gasteiger partial charge in [-0.3, -0.25) is 0 Å². The van der Waals surface area contributed by atoms with Crippen molar-refractivity contribution < 1.29 is 9.47 Å². The summed E-state index contributed by atoms with van der Waals surface area (Å²) in [6.07, 6.45) is 12.3. The van der Waals surface area contributed by atoms with Crippen LogP contribution in [-0.4, -0.2) is 25.8 Å². The predicted molar refractivity (Wildman–Crippen MR) is 94.2 cm³/mol. The summed E-state index contributed by atoms with van der Waals surface area (Å²) in [5.41, 5.74) is 0. The Morgan fingerprint density at radius 3 is 2.09 bits per heavy atom. The van der Waals surface area contributed by atoms with Crippen LogP contribution in [0.2, 0.25) is 0 Å². The Labute approximate surface area is 140 Å². The molecule has 1 aromatic carbocycles. The Kier molecular flexibility index (Phi) is 6.21. The van der Waals surface area contributed by atoms with E-state index in [2.05, 4.69) is 5.32 Å². The van der Waals surface area contributed by atoms with E-state index in [1.165, 1.54) is 57.8 Å². The minimum atomic E-state index is 0.710. The first kappa shape index (κ1) is 16.6. The minimum absolute atomic E-state index is 0.710. The highest BCUT2D eigenvalue weighted by Gasteiger charge is 2.24. The molecule has 2 fully saturated rings. The molecule has 1 N–H and O–H groups in total. The lowest BCUT2D eigenvalue weighted by Gasteiger charge is -2.33. The van der Waals surface area contributed by atoms with Crippen LogP contribution in [-0.2, 0) is 0 Å². The zero-order valence-corrected chi connectivity index (χ0v) is 14.4. The molecule has 0 atom stereocenters. The third-order valence-corrected chi connectivity index (χ3v) is 5.47. The Morgan fingerprint density at radius 1 is 0.826 bits per heavy atom. The maximum Gasteiger partial charge on any atom is 0.119 e. The van der Waals surface area contributed by atoms with Crippen LogP contribution in [0.3, 0.4) is 0 Å². The largest absolute Gasteiger partial charge is 0.497 e. The molecule has 0 bridgehead atoms. The molecule has 2 aliphatic carbocycles. The van der Waals surface area contributed by atoms with Crippen LogP contribution in [0.1, 0.15) is 57.8 Å². The summed E-state index contributed by atoms with van der Waals surface area (Å²) in [6, 6.07) is 9.45. The fourth-order valence-corrected chi connectivity index (χ4v) is 3.98. The molecule has 0 unspecified atom stereocenters. The van der Waals surface area contributed by atoms with E-state index in [4.69, 9.17) is 9.47 Å². The van der Waals surface area contributed by atoms with E-state index >= 15 is 0 Å². The first-order valence-corrected chi connectivity index (χ1v) is 9.36. The fourth-order valence-electron chi connectivity index (χ4n) is 3.98. The molecular weight excluding hydrogens is 286 g/mol. The smallest absolute Gasteiger partial charge is 0.119 e. The van der Waals surface area contributed by atoms with Gasteiger partial charge in [-0.1, -0.05) is 19.3 Å². The van der Waals surface area contributed by atoms with E-state index in [-0.39, 0.29) is 0 Å². The van der Waals surface area contributed by atoms with E-state index in [0.29, 0.717) is 5.92 Å². The molecule has 2 saturated carbocycles. The Morgan fingerprint density at radius 2 is 1.43 bits per heavy atom. The maximum atomic E-state index is 5.95. The van der Waals surface area contributed by atoms with Crippen LogP contribution in [0.5, 0.6) is 11.5 Å². The van der Waals surface area contributed by atoms with Crippen LogP contribution in [0.15, 0.2) is 24.3 Å². The lowest BCUT2D eigenvalue weighted by atomic mass is 9.85. The zero-order valence-electron chi connectivity index (χ0n) is 14.4. The van der Waals surface area contributed by atoms with Gasteiger partial charge in [0.15, 0.2) is 0 Å². The topological polar surface area (TPSA) is 30.5 Å². The summed E-state index contributed by atoms with van der Waals surface area (Å²) in [5.74, 6) is 2.54. The molecule has 0 spiro atoms. The number of ether oxygens (including phenoxy) is 2. The van der Waals surface area contributed by atoms with E-state index < -0.39 is 0 Å². The van der Waals surface area contributed by atoms with Crippen LogP contribution in [0.4, 0.5) is 0 Å². The molecular formula is C20H31NO2. The van der Waals surface area contributed by atoms with E-state index in [1.54, 1.807) is 7.11 Å². The molecule has 0 amide bonds. The SMILES string of the molecule is COc1ccc(OC[C@H]2CC[C@H](NC3CCCCC3)CC2)cc1. The molecule has 2 aliphatic rings. The lowest BCUT2D eigenvalue weighted by molar-refractivity contribution is 0.182. The van der Waals surface area contributed by atoms with Gasteiger partial charge in [0, 0.05) is 12.1 Å². The molecule has 3 rings (SSSR count). The van der Waals surface area contributed by atoms with Crippen molar-refractivity contribution in [2.75, 3.05) is 13.7 Å². The zero-order chi connectivity index (χ0) is 15.9. The monoisotopic (exact) mass is 317 g/mol. The van der Waals surface area contributed by atoms with Crippen molar-refractivity contribution in [3.05, 3.63) is 24.3 Å². The quantitative estimate of drug-likeness (QED) is 0.834. The highest BCUT2D eigenvalue weighted by Crippen LogP contribution is 2.27. The third kappa shape index (κ3) is 5.13. The van der Waals surface area contributed by atoms with Gasteiger partial charge in [-0.25, -0.2) is 0 Å². The molecule has 128 valence electrons. The summed E-state index contributed by atoms with van der Waals surface area (Å²) in [5, 5.41) is 3.91. The highest BCUT2D eigenvalue weighted by molar-refractivity contribution is 5.31. The molecule has 0 heterocycles. The predicted octanol–water partition coefficient (Wildman–Crippen LogP) is 4.56. The van der Waals surface area contributed by atoms with Gasteiger partial charge in [-0.15, -0.1) is 0 Å². The molecule has 0 aromatic heterocycles. The van der Waals surface area contributed by atoms with Crippen LogP contribution in [0, 0.1) is 5.92 Å². The average Bonchev–Trinajstić information content (AvgIpc) is 2.62. The van der Waals surface area contributed by atoms with Gasteiger partial charge < -0.3 is 14.8 Å². The fraction of sp³-hybridized carbons (Fsp3) is 0.700. The van der Waals surface area contributed by atoms with Gasteiger partial charge in [-0.05, 0) is 68.7 Å². The molecule has 23 heavy (non-hydrogen) atoms. The van der Waals surface area contributed by atoms with Crippen molar-refractivity contribution in [3.63, 3.8) is 0 Å². The van der Waals surface area contributed by atoms with Gasteiger partial charge in [0.1, 0.15) is 11.5 Å². The number of rotatable bonds is 6. The van der Waals surface area contributed by atoms with Crippen molar-refractivity contribution in [1.29, 1.82) is 0 Å². The van der Waals surface area contributed by atoms with Gasteiger partial charge >= 0.3 is 0 Å². The lowest BCUT2D eigenvalue weighted by Crippen LogP contribution is -2.41. The third-order valence-electron chi connectivity index (χ3n) is 5.47. The summed E-state index contributed by atoms with van der Waals surface area (Å²) in [6.45, 7) is 0.850. The minimum Gasteiger partial charge on any atom is -0.497 e. The number of hydrogen-bond acceptors (Lipinski definition) is 3. The highest BCUT2D eigenvalue weighted by atomic mass is 16.5. The molecule has 0 saturated heterocycles. The second-order valence-electron chi connectivity index (χ2n) is 7.21. The van der Waals surface area contributed by atoms with Gasteiger partial charge in [0.25, 0.3) is 0 Å². The van der Waals surface area contributed by atoms with Gasteiger partial charge in [0.05, 0.1) is 13.7 Å². The summed E-state index contributed by atoms with van der Waals surface area (Å²) in [7, 11) is 1.69. The van der Waals surface area contributed by atoms with Crippen LogP contribution < -0.4 is 14.8 Å². The Bertz CT molecular complexity index is 445. The second kappa shape index (κ2) is 8.58. The van der Waals surface area contributed by atoms with Crippen molar-refractivity contribution >= 4 is 0 Å². The van der Waals surface area contributed by atoms with E-state index in [0.717, 1.165) is 30.2 Å². The first-order chi connectivity index (χ1) is 11.3. The molecule has 0 aliphatic heterocycles. The summed E-state index contributed by atoms with van der Waals surface area (Å²) in [4.78, 5) is 0. The first-order valence-electron chi connectivity index (χ1n) is 9.36. The molecule has 3 heteroatoms. The second-order valence-corrected chi connectivity index (χ2v) is 7.21. The normalized spacial score (nSPS) is 26.0. The molecule has 3 nitrogen and oxygen atoms in total. The van der Waals surface area contributed by atoms with Gasteiger partial charge in [-0.2, -0.15) is 0 Å². The number of hydrogen-bond donors (Lipinski definition) is 1. The Balaban J connectivity index is 1.35. The van der Waals surface area contributed by atoms with Gasteiger partial charge in [0.2, 0.25) is 0 Å².